The van der Waals surface area contributed by atoms with Crippen molar-refractivity contribution in [1.29, 1.82) is 0 Å². The largest absolute Gasteiger partial charge is 0.462 e. The SMILES string of the molecule is CC/C=C\C/C=C\C/C=C\C/C=C\CCCCCCCCCCCCCCCCCCCCCCCCC(=O)OCC(COC(=O)CCCCCCC/C=C\CCCCC)OC(=O)CCCCCCC/C=C\C/C=C\CCCCCC. The van der Waals surface area contributed by atoms with Gasteiger partial charge in [0, 0.05) is 19.3 Å². The Balaban J connectivity index is 4.09. The van der Waals surface area contributed by atoms with Gasteiger partial charge in [0.2, 0.25) is 0 Å². The fourth-order valence-electron chi connectivity index (χ4n) is 10.1. The minimum absolute atomic E-state index is 0.0803. The van der Waals surface area contributed by atoms with Crippen LogP contribution in [-0.4, -0.2) is 37.2 Å². The predicted octanol–water partition coefficient (Wildman–Crippen LogP) is 24.2. The molecule has 0 aliphatic rings. The molecule has 81 heavy (non-hydrogen) atoms. The molecule has 0 spiro atoms. The number of unbranched alkanes of at least 4 members (excludes halogenated alkanes) is 39. The number of ether oxygens (including phenoxy) is 3. The maximum absolute atomic E-state index is 12.9. The van der Waals surface area contributed by atoms with Crippen LogP contribution in [0.2, 0.25) is 0 Å². The van der Waals surface area contributed by atoms with Crippen molar-refractivity contribution in [3.8, 4) is 0 Å². The van der Waals surface area contributed by atoms with Gasteiger partial charge in [0.05, 0.1) is 0 Å². The zero-order valence-electron chi connectivity index (χ0n) is 53.8. The lowest BCUT2D eigenvalue weighted by Crippen LogP contribution is -2.30. The second kappa shape index (κ2) is 69.1. The van der Waals surface area contributed by atoms with E-state index in [-0.39, 0.29) is 31.1 Å². The highest BCUT2D eigenvalue weighted by Gasteiger charge is 2.19. The second-order valence-electron chi connectivity index (χ2n) is 23.4. The molecule has 0 aromatic rings. The van der Waals surface area contributed by atoms with Crippen LogP contribution in [0.3, 0.4) is 0 Å². The van der Waals surface area contributed by atoms with E-state index in [4.69, 9.17) is 14.2 Å². The summed E-state index contributed by atoms with van der Waals surface area (Å²) in [7, 11) is 0. The molecule has 6 heteroatoms. The summed E-state index contributed by atoms with van der Waals surface area (Å²) in [5.41, 5.74) is 0. The minimum atomic E-state index is -0.785. The molecule has 0 saturated heterocycles. The molecule has 0 rings (SSSR count). The first-order valence-corrected chi connectivity index (χ1v) is 35.1. The van der Waals surface area contributed by atoms with E-state index in [1.165, 1.54) is 199 Å². The van der Waals surface area contributed by atoms with Crippen molar-refractivity contribution in [2.45, 2.75) is 361 Å². The van der Waals surface area contributed by atoms with Gasteiger partial charge in [-0.2, -0.15) is 0 Å². The van der Waals surface area contributed by atoms with Crippen molar-refractivity contribution in [3.63, 3.8) is 0 Å². The molecular weight excluding hydrogens is 997 g/mol. The quantitative estimate of drug-likeness (QED) is 0.0261. The Morgan fingerprint density at radius 3 is 0.790 bits per heavy atom. The number of carbonyl (C=O) groups is 3. The van der Waals surface area contributed by atoms with Gasteiger partial charge in [-0.3, -0.25) is 14.4 Å². The van der Waals surface area contributed by atoms with Crippen LogP contribution < -0.4 is 0 Å². The smallest absolute Gasteiger partial charge is 0.306 e. The van der Waals surface area contributed by atoms with Crippen molar-refractivity contribution in [2.75, 3.05) is 13.2 Å². The van der Waals surface area contributed by atoms with Crippen LogP contribution in [-0.2, 0) is 28.6 Å². The topological polar surface area (TPSA) is 78.9 Å². The summed E-state index contributed by atoms with van der Waals surface area (Å²) < 4.78 is 16.9. The Hall–Kier alpha value is -3.41. The average Bonchev–Trinajstić information content (AvgIpc) is 3.47. The van der Waals surface area contributed by atoms with Crippen molar-refractivity contribution in [1.82, 2.24) is 0 Å². The summed E-state index contributed by atoms with van der Waals surface area (Å²) in [6.45, 7) is 6.51. The molecule has 1 atom stereocenters. The number of allylic oxidation sites excluding steroid dienone is 14. The number of hydrogen-bond acceptors (Lipinski definition) is 6. The fourth-order valence-corrected chi connectivity index (χ4v) is 10.1. The standard InChI is InChI=1S/C75H132O6/c1-4-7-10-13-16-19-22-25-27-29-30-31-32-33-34-35-36-37-38-39-40-41-42-43-44-45-46-47-49-50-53-56-59-62-65-68-74(77)80-71-72(70-79-73(76)67-64-61-58-55-52-24-21-18-15-12-9-6-3)81-75(78)69-66-63-60-57-54-51-48-28-26-23-20-17-14-11-8-5-2/h7,10,16,18-21,23,25,27-28,30-31,48,72H,4-6,8-9,11-15,17,22,24,26,29,32-47,49-71H2,1-3H3/b10-7-,19-16-,21-18-,23-20-,27-25-,31-30-,48-28-. The Morgan fingerprint density at radius 2 is 0.481 bits per heavy atom. The van der Waals surface area contributed by atoms with Gasteiger partial charge in [-0.25, -0.2) is 0 Å². The first-order valence-electron chi connectivity index (χ1n) is 35.1. The molecule has 0 bridgehead atoms. The Labute approximate surface area is 503 Å². The number of esters is 3. The van der Waals surface area contributed by atoms with Crippen LogP contribution in [0.1, 0.15) is 355 Å². The molecule has 0 heterocycles. The molecule has 0 aliphatic carbocycles. The number of rotatable bonds is 64. The molecule has 468 valence electrons. The molecule has 0 N–H and O–H groups in total. The third kappa shape index (κ3) is 67.3. The van der Waals surface area contributed by atoms with E-state index in [1.807, 2.05) is 0 Å². The van der Waals surface area contributed by atoms with Crippen LogP contribution in [0.25, 0.3) is 0 Å². The first-order chi connectivity index (χ1) is 40.0. The lowest BCUT2D eigenvalue weighted by atomic mass is 10.0. The molecule has 6 nitrogen and oxygen atoms in total. The van der Waals surface area contributed by atoms with E-state index in [9.17, 15) is 14.4 Å². The average molecular weight is 1130 g/mol. The zero-order chi connectivity index (χ0) is 58.5. The predicted molar refractivity (Wildman–Crippen MR) is 353 cm³/mol. The molecular formula is C75H132O6. The van der Waals surface area contributed by atoms with Gasteiger partial charge in [-0.1, -0.05) is 305 Å². The number of carbonyl (C=O) groups excluding carboxylic acids is 3. The molecule has 0 saturated carbocycles. The number of hydrogen-bond donors (Lipinski definition) is 0. The fraction of sp³-hybridized carbons (Fsp3) is 0.773. The van der Waals surface area contributed by atoms with Crippen molar-refractivity contribution in [3.05, 3.63) is 85.1 Å². The molecule has 0 fully saturated rings. The van der Waals surface area contributed by atoms with E-state index < -0.39 is 6.10 Å². The van der Waals surface area contributed by atoms with E-state index in [2.05, 4.69) is 106 Å². The van der Waals surface area contributed by atoms with E-state index in [0.29, 0.717) is 19.3 Å². The second-order valence-corrected chi connectivity index (χ2v) is 23.4. The van der Waals surface area contributed by atoms with Crippen LogP contribution in [0, 0.1) is 0 Å². The summed E-state index contributed by atoms with van der Waals surface area (Å²) in [6, 6.07) is 0. The van der Waals surface area contributed by atoms with Crippen molar-refractivity contribution in [2.24, 2.45) is 0 Å². The molecule has 0 aromatic heterocycles. The third-order valence-electron chi connectivity index (χ3n) is 15.4. The van der Waals surface area contributed by atoms with E-state index >= 15 is 0 Å². The molecule has 1 unspecified atom stereocenters. The van der Waals surface area contributed by atoms with Crippen LogP contribution in [0.5, 0.6) is 0 Å². The monoisotopic (exact) mass is 1130 g/mol. The van der Waals surface area contributed by atoms with Crippen LogP contribution in [0.15, 0.2) is 85.1 Å². The third-order valence-corrected chi connectivity index (χ3v) is 15.4. The molecule has 0 radical (unpaired) electrons. The van der Waals surface area contributed by atoms with Gasteiger partial charge < -0.3 is 14.2 Å². The van der Waals surface area contributed by atoms with Gasteiger partial charge in [0.1, 0.15) is 13.2 Å². The maximum atomic E-state index is 12.9. The molecule has 0 aliphatic heterocycles. The highest BCUT2D eigenvalue weighted by molar-refractivity contribution is 5.71. The Bertz CT molecular complexity index is 1530. The summed E-state index contributed by atoms with van der Waals surface area (Å²) in [5.74, 6) is -0.887. The highest BCUT2D eigenvalue weighted by atomic mass is 16.6. The molecule has 0 aromatic carbocycles. The maximum Gasteiger partial charge on any atom is 0.306 e. The molecule has 0 amide bonds. The van der Waals surface area contributed by atoms with Gasteiger partial charge in [-0.05, 0) is 116 Å². The van der Waals surface area contributed by atoms with Gasteiger partial charge in [-0.15, -0.1) is 0 Å². The van der Waals surface area contributed by atoms with Crippen molar-refractivity contribution >= 4 is 17.9 Å². The lowest BCUT2D eigenvalue weighted by Gasteiger charge is -2.18. The van der Waals surface area contributed by atoms with E-state index in [0.717, 1.165) is 116 Å². The van der Waals surface area contributed by atoms with Gasteiger partial charge in [0.25, 0.3) is 0 Å². The van der Waals surface area contributed by atoms with Gasteiger partial charge in [0.15, 0.2) is 6.10 Å². The summed E-state index contributed by atoms with van der Waals surface area (Å²) in [5, 5.41) is 0. The zero-order valence-corrected chi connectivity index (χ0v) is 53.8. The van der Waals surface area contributed by atoms with Crippen LogP contribution >= 0.6 is 0 Å². The minimum Gasteiger partial charge on any atom is -0.462 e. The normalized spacial score (nSPS) is 12.6. The Morgan fingerprint density at radius 1 is 0.259 bits per heavy atom. The summed E-state index contributed by atoms with van der Waals surface area (Å²) in [6.07, 6.45) is 92.0. The van der Waals surface area contributed by atoms with Gasteiger partial charge >= 0.3 is 17.9 Å². The summed E-state index contributed by atoms with van der Waals surface area (Å²) in [4.78, 5) is 38.3. The highest BCUT2D eigenvalue weighted by Crippen LogP contribution is 2.18. The van der Waals surface area contributed by atoms with E-state index in [1.54, 1.807) is 0 Å². The Kier molecular flexibility index (Phi) is 66.2. The first kappa shape index (κ1) is 77.6. The van der Waals surface area contributed by atoms with Crippen molar-refractivity contribution < 1.29 is 28.6 Å². The van der Waals surface area contributed by atoms with Crippen LogP contribution in [0.4, 0.5) is 0 Å². The lowest BCUT2D eigenvalue weighted by molar-refractivity contribution is -0.167. The summed E-state index contributed by atoms with van der Waals surface area (Å²) >= 11 is 0.